The predicted octanol–water partition coefficient (Wildman–Crippen LogP) is 2.54. The maximum atomic E-state index is 12.6. The topological polar surface area (TPSA) is 79.9 Å². The van der Waals surface area contributed by atoms with Crippen molar-refractivity contribution >= 4 is 17.5 Å². The van der Waals surface area contributed by atoms with Crippen LogP contribution in [0.15, 0.2) is 48.5 Å². The van der Waals surface area contributed by atoms with Crippen LogP contribution in [0.5, 0.6) is 11.5 Å². The zero-order valence-electron chi connectivity index (χ0n) is 16.8. The number of amides is 2. The van der Waals surface area contributed by atoms with Crippen LogP contribution < -0.4 is 20.1 Å². The van der Waals surface area contributed by atoms with Gasteiger partial charge >= 0.3 is 0 Å². The van der Waals surface area contributed by atoms with E-state index in [4.69, 9.17) is 9.47 Å². The van der Waals surface area contributed by atoms with E-state index in [9.17, 15) is 9.59 Å². The third kappa shape index (κ3) is 5.71. The van der Waals surface area contributed by atoms with E-state index >= 15 is 0 Å². The SMILES string of the molecule is COc1ccc(C(=O)NC2CCN(CC(=O)Nc3ccccc3)CC2)c(OC)c1. The lowest BCUT2D eigenvalue weighted by molar-refractivity contribution is -0.117. The Morgan fingerprint density at radius 3 is 2.41 bits per heavy atom. The Kier molecular flexibility index (Phi) is 7.08. The molecule has 0 aliphatic carbocycles. The molecule has 1 fully saturated rings. The van der Waals surface area contributed by atoms with Crippen molar-refractivity contribution < 1.29 is 19.1 Å². The van der Waals surface area contributed by atoms with Crippen LogP contribution in [-0.4, -0.2) is 56.6 Å². The molecule has 0 atom stereocenters. The molecule has 7 nitrogen and oxygen atoms in total. The highest BCUT2D eigenvalue weighted by molar-refractivity contribution is 5.97. The largest absolute Gasteiger partial charge is 0.497 e. The van der Waals surface area contributed by atoms with Gasteiger partial charge in [-0.2, -0.15) is 0 Å². The lowest BCUT2D eigenvalue weighted by atomic mass is 10.0. The third-order valence-corrected chi connectivity index (χ3v) is 5.00. The zero-order valence-corrected chi connectivity index (χ0v) is 16.8. The van der Waals surface area contributed by atoms with Crippen molar-refractivity contribution in [3.8, 4) is 11.5 Å². The number of anilines is 1. The zero-order chi connectivity index (χ0) is 20.6. The van der Waals surface area contributed by atoms with Crippen LogP contribution in [0.1, 0.15) is 23.2 Å². The van der Waals surface area contributed by atoms with E-state index in [2.05, 4.69) is 15.5 Å². The molecule has 1 aliphatic heterocycles. The second-order valence-corrected chi connectivity index (χ2v) is 7.00. The Morgan fingerprint density at radius 2 is 1.76 bits per heavy atom. The maximum absolute atomic E-state index is 12.6. The number of carbonyl (C=O) groups excluding carboxylic acids is 2. The lowest BCUT2D eigenvalue weighted by Gasteiger charge is -2.32. The van der Waals surface area contributed by atoms with Gasteiger partial charge in [-0.15, -0.1) is 0 Å². The lowest BCUT2D eigenvalue weighted by Crippen LogP contribution is -2.46. The first-order valence-electron chi connectivity index (χ1n) is 9.69. The van der Waals surface area contributed by atoms with Gasteiger partial charge in [0.2, 0.25) is 5.91 Å². The van der Waals surface area contributed by atoms with Gasteiger partial charge in [-0.25, -0.2) is 0 Å². The fraction of sp³-hybridized carbons (Fsp3) is 0.364. The van der Waals surface area contributed by atoms with E-state index in [1.54, 1.807) is 25.3 Å². The second-order valence-electron chi connectivity index (χ2n) is 7.00. The van der Waals surface area contributed by atoms with Crippen LogP contribution in [0.3, 0.4) is 0 Å². The molecule has 2 N–H and O–H groups in total. The van der Waals surface area contributed by atoms with E-state index in [-0.39, 0.29) is 17.9 Å². The standard InChI is InChI=1S/C22H27N3O4/c1-28-18-8-9-19(20(14-18)29-2)22(27)24-17-10-12-25(13-11-17)15-21(26)23-16-6-4-3-5-7-16/h3-9,14,17H,10-13,15H2,1-2H3,(H,23,26)(H,24,27). The monoisotopic (exact) mass is 397 g/mol. The molecule has 29 heavy (non-hydrogen) atoms. The highest BCUT2D eigenvalue weighted by Gasteiger charge is 2.23. The summed E-state index contributed by atoms with van der Waals surface area (Å²) in [6.45, 7) is 1.86. The smallest absolute Gasteiger partial charge is 0.255 e. The van der Waals surface area contributed by atoms with Gasteiger partial charge in [-0.1, -0.05) is 18.2 Å². The molecule has 1 aliphatic rings. The third-order valence-electron chi connectivity index (χ3n) is 5.00. The summed E-state index contributed by atoms with van der Waals surface area (Å²) < 4.78 is 10.5. The summed E-state index contributed by atoms with van der Waals surface area (Å²) in [5.74, 6) is 0.934. The number of nitrogens with one attached hydrogen (secondary N) is 2. The molecule has 3 rings (SSSR count). The maximum Gasteiger partial charge on any atom is 0.255 e. The fourth-order valence-electron chi connectivity index (χ4n) is 3.41. The molecule has 0 unspecified atom stereocenters. The van der Waals surface area contributed by atoms with Gasteiger partial charge in [0.05, 0.1) is 26.3 Å². The summed E-state index contributed by atoms with van der Waals surface area (Å²) in [5.41, 5.74) is 1.28. The minimum atomic E-state index is -0.162. The van der Waals surface area contributed by atoms with Crippen molar-refractivity contribution in [2.75, 3.05) is 39.2 Å². The summed E-state index contributed by atoms with van der Waals surface area (Å²) in [6, 6.07) is 14.6. The van der Waals surface area contributed by atoms with Crippen molar-refractivity contribution in [2.24, 2.45) is 0 Å². The van der Waals surface area contributed by atoms with Crippen LogP contribution >= 0.6 is 0 Å². The van der Waals surface area contributed by atoms with Crippen molar-refractivity contribution in [1.29, 1.82) is 0 Å². The van der Waals surface area contributed by atoms with E-state index < -0.39 is 0 Å². The number of nitrogens with zero attached hydrogens (tertiary/aromatic N) is 1. The van der Waals surface area contributed by atoms with Gasteiger partial charge in [0.15, 0.2) is 0 Å². The molecule has 7 heteroatoms. The van der Waals surface area contributed by atoms with Gasteiger partial charge < -0.3 is 20.1 Å². The number of hydrogen-bond acceptors (Lipinski definition) is 5. The van der Waals surface area contributed by atoms with Crippen molar-refractivity contribution in [1.82, 2.24) is 10.2 Å². The molecular formula is C22H27N3O4. The minimum Gasteiger partial charge on any atom is -0.497 e. The molecule has 0 aromatic heterocycles. The van der Waals surface area contributed by atoms with Crippen LogP contribution in [0.4, 0.5) is 5.69 Å². The number of para-hydroxylation sites is 1. The van der Waals surface area contributed by atoms with Crippen molar-refractivity contribution in [3.63, 3.8) is 0 Å². The Balaban J connectivity index is 1.47. The molecule has 1 heterocycles. The molecule has 0 saturated carbocycles. The molecular weight excluding hydrogens is 370 g/mol. The number of rotatable bonds is 7. The summed E-state index contributed by atoms with van der Waals surface area (Å²) in [5, 5.41) is 5.98. The molecule has 2 amide bonds. The van der Waals surface area contributed by atoms with Gasteiger partial charge in [0, 0.05) is 30.9 Å². The number of ether oxygens (including phenoxy) is 2. The molecule has 0 radical (unpaired) electrons. The highest BCUT2D eigenvalue weighted by atomic mass is 16.5. The van der Waals surface area contributed by atoms with E-state index in [0.29, 0.717) is 23.6 Å². The number of carbonyl (C=O) groups is 2. The molecule has 2 aromatic carbocycles. The minimum absolute atomic E-state index is 0.0262. The fourth-order valence-corrected chi connectivity index (χ4v) is 3.41. The van der Waals surface area contributed by atoms with Crippen molar-refractivity contribution in [2.45, 2.75) is 18.9 Å². The Hall–Kier alpha value is -3.06. The molecule has 0 spiro atoms. The average molecular weight is 397 g/mol. The van der Waals surface area contributed by atoms with E-state index in [1.807, 2.05) is 30.3 Å². The normalized spacial score (nSPS) is 14.8. The van der Waals surface area contributed by atoms with Crippen LogP contribution in [0, 0.1) is 0 Å². The van der Waals surface area contributed by atoms with Gasteiger partial charge in [-0.05, 0) is 37.1 Å². The van der Waals surface area contributed by atoms with Gasteiger partial charge in [0.1, 0.15) is 11.5 Å². The molecule has 1 saturated heterocycles. The Labute approximate surface area is 171 Å². The van der Waals surface area contributed by atoms with Gasteiger partial charge in [-0.3, -0.25) is 14.5 Å². The number of piperidine rings is 1. The van der Waals surface area contributed by atoms with Crippen LogP contribution in [0.2, 0.25) is 0 Å². The summed E-state index contributed by atoms with van der Waals surface area (Å²) in [7, 11) is 3.10. The van der Waals surface area contributed by atoms with E-state index in [1.165, 1.54) is 7.11 Å². The summed E-state index contributed by atoms with van der Waals surface area (Å²) in [4.78, 5) is 27.0. The van der Waals surface area contributed by atoms with Crippen LogP contribution in [-0.2, 0) is 4.79 Å². The van der Waals surface area contributed by atoms with E-state index in [0.717, 1.165) is 31.6 Å². The van der Waals surface area contributed by atoms with Crippen molar-refractivity contribution in [3.05, 3.63) is 54.1 Å². The highest BCUT2D eigenvalue weighted by Crippen LogP contribution is 2.25. The molecule has 154 valence electrons. The first-order valence-corrected chi connectivity index (χ1v) is 9.69. The predicted molar refractivity (Wildman–Crippen MR) is 112 cm³/mol. The summed E-state index contributed by atoms with van der Waals surface area (Å²) in [6.07, 6.45) is 1.59. The number of benzene rings is 2. The quantitative estimate of drug-likeness (QED) is 0.751. The first kappa shape index (κ1) is 20.7. The Morgan fingerprint density at radius 1 is 1.03 bits per heavy atom. The second kappa shape index (κ2) is 9.93. The number of methoxy groups -OCH3 is 2. The van der Waals surface area contributed by atoms with Gasteiger partial charge in [0.25, 0.3) is 5.91 Å². The Bertz CT molecular complexity index is 833. The molecule has 0 bridgehead atoms. The average Bonchev–Trinajstić information content (AvgIpc) is 2.75. The summed E-state index contributed by atoms with van der Waals surface area (Å²) >= 11 is 0. The first-order chi connectivity index (χ1) is 14.1. The number of likely N-dealkylation sites (tertiary alicyclic amines) is 1. The molecule has 2 aromatic rings. The number of hydrogen-bond donors (Lipinski definition) is 2. The van der Waals surface area contributed by atoms with Crippen LogP contribution in [0.25, 0.3) is 0 Å².